The Morgan fingerprint density at radius 2 is 2.10 bits per heavy atom. The molecule has 0 bridgehead atoms. The van der Waals surface area contributed by atoms with E-state index in [4.69, 9.17) is 10.00 Å². The molecule has 0 aliphatic carbocycles. The Labute approximate surface area is 123 Å². The Bertz CT molecular complexity index is 563. The van der Waals surface area contributed by atoms with Gasteiger partial charge in [-0.1, -0.05) is 13.8 Å². The van der Waals surface area contributed by atoms with Crippen molar-refractivity contribution in [3.05, 3.63) is 23.8 Å². The molecule has 1 heterocycles. The average Bonchev–Trinajstić information content (AvgIpc) is 2.45. The molecule has 1 N–H and O–H groups in total. The summed E-state index contributed by atoms with van der Waals surface area (Å²) in [6.07, 6.45) is 2.71. The fraction of sp³-hybridized carbons (Fsp3) is 0.500. The van der Waals surface area contributed by atoms with Gasteiger partial charge in [-0.2, -0.15) is 5.26 Å². The third-order valence-electron chi connectivity index (χ3n) is 3.11. The molecule has 0 aromatic carbocycles. The van der Waals surface area contributed by atoms with Crippen LogP contribution in [0.25, 0.3) is 0 Å². The standard InChI is InChI=1S/C14H18N4O3/c1-9(2)14(4,8-15)18-12(19)7-21-13(20)11-6-16-10(3)5-17-11/h5-6,9H,7H2,1-4H3,(H,18,19). The zero-order valence-corrected chi connectivity index (χ0v) is 12.5. The van der Waals surface area contributed by atoms with Crippen LogP contribution in [0.15, 0.2) is 12.4 Å². The number of carbonyl (C=O) groups excluding carboxylic acids is 2. The topological polar surface area (TPSA) is 105 Å². The summed E-state index contributed by atoms with van der Waals surface area (Å²) in [5.74, 6) is -1.35. The first-order chi connectivity index (χ1) is 9.78. The van der Waals surface area contributed by atoms with Gasteiger partial charge >= 0.3 is 5.97 Å². The van der Waals surface area contributed by atoms with Crippen LogP contribution in [0.2, 0.25) is 0 Å². The number of esters is 1. The van der Waals surface area contributed by atoms with Crippen LogP contribution in [0.3, 0.4) is 0 Å². The van der Waals surface area contributed by atoms with Crippen molar-refractivity contribution in [2.24, 2.45) is 5.92 Å². The van der Waals surface area contributed by atoms with E-state index < -0.39 is 24.0 Å². The van der Waals surface area contributed by atoms with Crippen LogP contribution < -0.4 is 5.32 Å². The Morgan fingerprint density at radius 3 is 2.57 bits per heavy atom. The molecule has 0 saturated carbocycles. The molecule has 7 nitrogen and oxygen atoms in total. The highest BCUT2D eigenvalue weighted by molar-refractivity contribution is 5.89. The van der Waals surface area contributed by atoms with Gasteiger partial charge in [0, 0.05) is 6.20 Å². The predicted molar refractivity (Wildman–Crippen MR) is 74.1 cm³/mol. The van der Waals surface area contributed by atoms with Gasteiger partial charge in [0.05, 0.1) is 18.0 Å². The van der Waals surface area contributed by atoms with Crippen molar-refractivity contribution in [2.75, 3.05) is 6.61 Å². The molecule has 1 rings (SSSR count). The molecule has 0 aliphatic heterocycles. The first-order valence-electron chi connectivity index (χ1n) is 6.46. The van der Waals surface area contributed by atoms with Crippen LogP contribution in [0.5, 0.6) is 0 Å². The maximum atomic E-state index is 11.7. The van der Waals surface area contributed by atoms with Crippen molar-refractivity contribution >= 4 is 11.9 Å². The van der Waals surface area contributed by atoms with E-state index in [2.05, 4.69) is 15.3 Å². The summed E-state index contributed by atoms with van der Waals surface area (Å²) >= 11 is 0. The normalized spacial score (nSPS) is 13.1. The van der Waals surface area contributed by atoms with Crippen molar-refractivity contribution in [3.8, 4) is 6.07 Å². The van der Waals surface area contributed by atoms with Crippen LogP contribution in [-0.2, 0) is 9.53 Å². The molecule has 0 fully saturated rings. The van der Waals surface area contributed by atoms with E-state index in [9.17, 15) is 9.59 Å². The number of nitriles is 1. The molecule has 1 atom stereocenters. The van der Waals surface area contributed by atoms with E-state index in [0.29, 0.717) is 5.69 Å². The second-order valence-electron chi connectivity index (χ2n) is 5.14. The van der Waals surface area contributed by atoms with Crippen molar-refractivity contribution in [3.63, 3.8) is 0 Å². The number of aromatic nitrogens is 2. The molecule has 112 valence electrons. The Kier molecular flexibility index (Phi) is 5.36. The monoisotopic (exact) mass is 290 g/mol. The van der Waals surface area contributed by atoms with Gasteiger partial charge in [0.1, 0.15) is 5.54 Å². The van der Waals surface area contributed by atoms with Gasteiger partial charge in [-0.05, 0) is 19.8 Å². The number of aryl methyl sites for hydroxylation is 1. The Hall–Kier alpha value is -2.49. The quantitative estimate of drug-likeness (QED) is 0.811. The van der Waals surface area contributed by atoms with Crippen LogP contribution in [-0.4, -0.2) is 34.0 Å². The molecule has 0 aliphatic rings. The third kappa shape index (κ3) is 4.53. The molecule has 21 heavy (non-hydrogen) atoms. The minimum atomic E-state index is -1.01. The second-order valence-corrected chi connectivity index (χ2v) is 5.14. The van der Waals surface area contributed by atoms with Gasteiger partial charge < -0.3 is 10.1 Å². The zero-order valence-electron chi connectivity index (χ0n) is 12.5. The SMILES string of the molecule is Cc1cnc(C(=O)OCC(=O)NC(C)(C#N)C(C)C)cn1. The van der Waals surface area contributed by atoms with Crippen molar-refractivity contribution in [1.29, 1.82) is 5.26 Å². The van der Waals surface area contributed by atoms with Gasteiger partial charge in [-0.15, -0.1) is 0 Å². The number of rotatable bonds is 5. The average molecular weight is 290 g/mol. The summed E-state index contributed by atoms with van der Waals surface area (Å²) in [5, 5.41) is 11.6. The van der Waals surface area contributed by atoms with Crippen LogP contribution in [0.1, 0.15) is 37.0 Å². The summed E-state index contributed by atoms with van der Waals surface area (Å²) in [6, 6.07) is 2.04. The smallest absolute Gasteiger partial charge is 0.359 e. The molecule has 1 amide bonds. The Morgan fingerprint density at radius 1 is 1.43 bits per heavy atom. The van der Waals surface area contributed by atoms with Crippen LogP contribution in [0, 0.1) is 24.2 Å². The minimum absolute atomic E-state index is 0.0281. The fourth-order valence-electron chi connectivity index (χ4n) is 1.33. The van der Waals surface area contributed by atoms with Crippen LogP contribution in [0.4, 0.5) is 0 Å². The lowest BCUT2D eigenvalue weighted by Gasteiger charge is -2.27. The molecule has 1 aromatic heterocycles. The number of amides is 1. The number of hydrogen-bond acceptors (Lipinski definition) is 6. The molecule has 7 heteroatoms. The summed E-state index contributed by atoms with van der Waals surface area (Å²) in [7, 11) is 0. The summed E-state index contributed by atoms with van der Waals surface area (Å²) in [5.41, 5.74) is -0.306. The lowest BCUT2D eigenvalue weighted by molar-refractivity contribution is -0.125. The highest BCUT2D eigenvalue weighted by Gasteiger charge is 2.30. The van der Waals surface area contributed by atoms with Gasteiger partial charge in [-0.25, -0.2) is 9.78 Å². The van der Waals surface area contributed by atoms with Crippen LogP contribution >= 0.6 is 0 Å². The maximum Gasteiger partial charge on any atom is 0.359 e. The van der Waals surface area contributed by atoms with E-state index in [0.717, 1.165) is 0 Å². The molecule has 0 spiro atoms. The molecular formula is C14H18N4O3. The summed E-state index contributed by atoms with van der Waals surface area (Å²) < 4.78 is 4.84. The molecule has 0 saturated heterocycles. The highest BCUT2D eigenvalue weighted by atomic mass is 16.5. The molecule has 0 radical (unpaired) electrons. The highest BCUT2D eigenvalue weighted by Crippen LogP contribution is 2.14. The number of ether oxygens (including phenoxy) is 1. The first kappa shape index (κ1) is 16.6. The Balaban J connectivity index is 2.55. The summed E-state index contributed by atoms with van der Waals surface area (Å²) in [6.45, 7) is 6.51. The van der Waals surface area contributed by atoms with E-state index in [1.807, 2.05) is 19.9 Å². The number of nitrogens with zero attached hydrogens (tertiary/aromatic N) is 3. The zero-order chi connectivity index (χ0) is 16.0. The van der Waals surface area contributed by atoms with E-state index >= 15 is 0 Å². The molecule has 1 unspecified atom stereocenters. The third-order valence-corrected chi connectivity index (χ3v) is 3.11. The largest absolute Gasteiger partial charge is 0.451 e. The molecule has 1 aromatic rings. The fourth-order valence-corrected chi connectivity index (χ4v) is 1.33. The van der Waals surface area contributed by atoms with E-state index in [-0.39, 0.29) is 11.6 Å². The van der Waals surface area contributed by atoms with Gasteiger partial charge in [-0.3, -0.25) is 9.78 Å². The van der Waals surface area contributed by atoms with Gasteiger partial charge in [0.25, 0.3) is 5.91 Å². The lowest BCUT2D eigenvalue weighted by Crippen LogP contribution is -2.50. The number of carbonyl (C=O) groups is 2. The van der Waals surface area contributed by atoms with E-state index in [1.165, 1.54) is 12.4 Å². The van der Waals surface area contributed by atoms with Gasteiger partial charge in [0.2, 0.25) is 0 Å². The van der Waals surface area contributed by atoms with Crippen molar-refractivity contribution in [1.82, 2.24) is 15.3 Å². The van der Waals surface area contributed by atoms with E-state index in [1.54, 1.807) is 13.8 Å². The van der Waals surface area contributed by atoms with Crippen molar-refractivity contribution in [2.45, 2.75) is 33.2 Å². The maximum absolute atomic E-state index is 11.7. The van der Waals surface area contributed by atoms with Gasteiger partial charge in [0.15, 0.2) is 12.3 Å². The van der Waals surface area contributed by atoms with Crippen molar-refractivity contribution < 1.29 is 14.3 Å². The number of nitrogens with one attached hydrogen (secondary N) is 1. The predicted octanol–water partition coefficient (Wildman–Crippen LogP) is 0.996. The minimum Gasteiger partial charge on any atom is -0.451 e. The second kappa shape index (κ2) is 6.79. The first-order valence-corrected chi connectivity index (χ1v) is 6.46. The molecular weight excluding hydrogens is 272 g/mol. The lowest BCUT2D eigenvalue weighted by atomic mass is 9.90. The number of hydrogen-bond donors (Lipinski definition) is 1. The summed E-state index contributed by atoms with van der Waals surface area (Å²) in [4.78, 5) is 31.2.